The van der Waals surface area contributed by atoms with Crippen LogP contribution < -0.4 is 0 Å². The minimum Gasteiger partial charge on any atom is -0.477 e. The molecule has 0 aromatic heterocycles. The fraction of sp³-hybridized carbons (Fsp3) is 0.724. The third-order valence-electron chi connectivity index (χ3n) is 19.6. The van der Waals surface area contributed by atoms with E-state index in [2.05, 4.69) is 160 Å². The number of carboxylic acids is 1. The number of carbonyl (C=O) groups is 3. The molecule has 1 N–H and O–H groups in total. The molecule has 9 heteroatoms. The van der Waals surface area contributed by atoms with Gasteiger partial charge in [0.15, 0.2) is 6.10 Å². The minimum absolute atomic E-state index is 0.183. The Kier molecular flexibility index (Phi) is 82.8. The van der Waals surface area contributed by atoms with Gasteiger partial charge in [-0.15, -0.1) is 0 Å². The van der Waals surface area contributed by atoms with Gasteiger partial charge in [-0.3, -0.25) is 9.59 Å². The van der Waals surface area contributed by atoms with Crippen molar-refractivity contribution in [3.05, 3.63) is 146 Å². The van der Waals surface area contributed by atoms with E-state index in [-0.39, 0.29) is 32.2 Å². The second-order valence-electron chi connectivity index (χ2n) is 31.2. The Morgan fingerprint density at radius 3 is 0.794 bits per heavy atom. The highest BCUT2D eigenvalue weighted by molar-refractivity contribution is 5.71. The van der Waals surface area contributed by atoms with Gasteiger partial charge in [0, 0.05) is 12.8 Å². The number of hydrogen-bond donors (Lipinski definition) is 1. The summed E-state index contributed by atoms with van der Waals surface area (Å²) >= 11 is 0. The van der Waals surface area contributed by atoms with Gasteiger partial charge in [0.25, 0.3) is 6.29 Å². The van der Waals surface area contributed by atoms with Crippen LogP contribution >= 0.6 is 0 Å². The average Bonchev–Trinajstić information content (AvgIpc) is 0.965. The number of nitrogens with zero attached hydrogens (tertiary/aromatic N) is 1. The lowest BCUT2D eigenvalue weighted by atomic mass is 10.0. The van der Waals surface area contributed by atoms with Gasteiger partial charge in [0.05, 0.1) is 34.4 Å². The van der Waals surface area contributed by atoms with Crippen molar-refractivity contribution in [3.63, 3.8) is 0 Å². The molecular weight excluding hydrogens is 1320 g/mol. The maximum Gasteiger partial charge on any atom is 0.361 e. The largest absolute Gasteiger partial charge is 0.477 e. The zero-order valence-electron chi connectivity index (χ0n) is 70.5. The first-order chi connectivity index (χ1) is 52.6. The fourth-order valence-corrected chi connectivity index (χ4v) is 12.8. The third-order valence-corrected chi connectivity index (χ3v) is 19.6. The minimum atomic E-state index is -1.52. The van der Waals surface area contributed by atoms with Crippen LogP contribution in [-0.2, 0) is 33.3 Å². The van der Waals surface area contributed by atoms with Gasteiger partial charge in [0.1, 0.15) is 13.2 Å². The highest BCUT2D eigenvalue weighted by Gasteiger charge is 2.25. The normalized spacial score (nSPS) is 13.3. The Morgan fingerprint density at radius 1 is 0.290 bits per heavy atom. The molecule has 107 heavy (non-hydrogen) atoms. The second kappa shape index (κ2) is 86.8. The van der Waals surface area contributed by atoms with Gasteiger partial charge in [-0.05, 0) is 122 Å². The van der Waals surface area contributed by atoms with Crippen LogP contribution in [0.5, 0.6) is 0 Å². The van der Waals surface area contributed by atoms with Crippen LogP contribution in [0.4, 0.5) is 0 Å². The summed E-state index contributed by atoms with van der Waals surface area (Å²) in [5.41, 5.74) is 0. The van der Waals surface area contributed by atoms with Gasteiger partial charge in [-0.1, -0.05) is 410 Å². The van der Waals surface area contributed by atoms with E-state index in [9.17, 15) is 19.5 Å². The molecule has 2 atom stereocenters. The molecule has 0 saturated heterocycles. The Bertz CT molecular complexity index is 2290. The van der Waals surface area contributed by atoms with Crippen molar-refractivity contribution in [1.29, 1.82) is 0 Å². The molecule has 2 unspecified atom stereocenters. The number of carbonyl (C=O) groups excluding carboxylic acids is 2. The van der Waals surface area contributed by atoms with Crippen molar-refractivity contribution in [2.75, 3.05) is 47.5 Å². The molecule has 0 aliphatic carbocycles. The molecule has 614 valence electrons. The van der Waals surface area contributed by atoms with E-state index in [1.807, 2.05) is 21.1 Å². The van der Waals surface area contributed by atoms with E-state index >= 15 is 0 Å². The number of unbranched alkanes of at least 4 members (excludes halogenated alkanes) is 44. The highest BCUT2D eigenvalue weighted by atomic mass is 16.7. The zero-order chi connectivity index (χ0) is 77.4. The topological polar surface area (TPSA) is 108 Å². The number of quaternary nitrogens is 1. The molecule has 0 radical (unpaired) electrons. The summed E-state index contributed by atoms with van der Waals surface area (Å²) in [6.45, 7) is 4.78. The summed E-state index contributed by atoms with van der Waals surface area (Å²) in [6.07, 6.45) is 125. The maximum absolute atomic E-state index is 13.0. The number of likely N-dealkylation sites (N-methyl/N-ethyl adjacent to an activating group) is 1. The summed E-state index contributed by atoms with van der Waals surface area (Å²) in [5.74, 6) is -2.00. The Hall–Kier alpha value is -4.83. The van der Waals surface area contributed by atoms with Crippen molar-refractivity contribution >= 4 is 17.9 Å². The molecule has 0 aliphatic heterocycles. The van der Waals surface area contributed by atoms with Crippen molar-refractivity contribution in [1.82, 2.24) is 0 Å². The van der Waals surface area contributed by atoms with Crippen molar-refractivity contribution in [3.8, 4) is 0 Å². The number of allylic oxidation sites excluding steroid dienone is 24. The van der Waals surface area contributed by atoms with E-state index in [4.69, 9.17) is 18.9 Å². The van der Waals surface area contributed by atoms with E-state index in [1.54, 1.807) is 0 Å². The SMILES string of the molecule is CC/C=C\C/C=C\C/C=C\C/C=C\C/C=C\C/C=C\C/C=C\C/C=C\C/C=C\C/C=C\CCCCCCCCCCCCC(=O)OC(COC(=O)CCCCCCCCCCCCCCCCCCCCCCCCCCCCCCC/C=C\C/C=C\CCCCCCC)COC(OCC[N+](C)(C)C)C(=O)O. The molecule has 0 heterocycles. The van der Waals surface area contributed by atoms with Crippen molar-refractivity contribution < 1.29 is 42.9 Å². The van der Waals surface area contributed by atoms with Gasteiger partial charge < -0.3 is 28.5 Å². The average molecular weight is 1490 g/mol. The van der Waals surface area contributed by atoms with Gasteiger partial charge in [-0.25, -0.2) is 4.79 Å². The summed E-state index contributed by atoms with van der Waals surface area (Å²) in [6, 6.07) is 0. The predicted octanol–water partition coefficient (Wildman–Crippen LogP) is 29.7. The van der Waals surface area contributed by atoms with E-state index in [0.29, 0.717) is 23.9 Å². The number of rotatable bonds is 83. The van der Waals surface area contributed by atoms with E-state index < -0.39 is 24.3 Å². The molecule has 0 fully saturated rings. The first-order valence-electron chi connectivity index (χ1n) is 45.0. The second-order valence-corrected chi connectivity index (χ2v) is 31.2. The number of aliphatic carboxylic acids is 1. The van der Waals surface area contributed by atoms with E-state index in [0.717, 1.165) is 116 Å². The first-order valence-corrected chi connectivity index (χ1v) is 45.0. The standard InChI is InChI=1S/C98H169NO8/c1-6-8-10-12-14-16-18-20-22-24-26-28-30-32-34-36-38-40-42-44-46-48-50-52-54-56-58-60-62-64-66-68-70-72-74-76-78-80-82-84-86-88-95(100)105-92-94(93-106-98(97(102)103)104-91-90-99(3,4)5)107-96(101)89-87-85-83-81-79-77-75-73-71-69-67-65-63-61-59-57-55-53-51-49-47-45-43-41-39-37-35-33-31-29-27-25-23-21-19-17-15-13-11-9-7-2/h9,11,15,17-18,20-21,23-24,26-27,29,33,35,39,41,45,47,51,53,57,59,63,65,94,98H,6-8,10,12-14,16,19,22,25,28,30-32,34,36-38,40,42-44,46,48-50,52,54-56,58,60-62,64,66-93H2,1-5H3/p+1/b11-9-,17-15-,20-18-,23-21-,26-24-,29-27-,35-33-,41-39-,47-45-,53-51-,59-57-,65-63-. The first kappa shape index (κ1) is 102. The Balaban J connectivity index is 3.99. The number of ether oxygens (including phenoxy) is 4. The van der Waals surface area contributed by atoms with Gasteiger partial charge in [0.2, 0.25) is 0 Å². The molecular formula is C98H170NO8+. The summed E-state index contributed by atoms with van der Waals surface area (Å²) in [5, 5.41) is 9.80. The van der Waals surface area contributed by atoms with Crippen molar-refractivity contribution in [2.45, 2.75) is 411 Å². The number of esters is 2. The lowest BCUT2D eigenvalue weighted by Crippen LogP contribution is -2.40. The molecule has 0 aromatic carbocycles. The third kappa shape index (κ3) is 88.3. The summed E-state index contributed by atoms with van der Waals surface area (Å²) < 4.78 is 23.1. The zero-order valence-corrected chi connectivity index (χ0v) is 70.5. The molecule has 9 nitrogen and oxygen atoms in total. The van der Waals surface area contributed by atoms with Crippen LogP contribution in [0.2, 0.25) is 0 Å². The lowest BCUT2D eigenvalue weighted by molar-refractivity contribution is -0.870. The van der Waals surface area contributed by atoms with Gasteiger partial charge in [-0.2, -0.15) is 0 Å². The summed E-state index contributed by atoms with van der Waals surface area (Å²) in [7, 11) is 5.99. The smallest absolute Gasteiger partial charge is 0.361 e. The molecule has 0 rings (SSSR count). The molecule has 0 bridgehead atoms. The monoisotopic (exact) mass is 1490 g/mol. The molecule has 0 amide bonds. The highest BCUT2D eigenvalue weighted by Crippen LogP contribution is 2.19. The molecule has 0 aliphatic rings. The van der Waals surface area contributed by atoms with Crippen LogP contribution in [0.15, 0.2) is 146 Å². The molecule has 0 aromatic rings. The quantitative estimate of drug-likeness (QED) is 0.0211. The Morgan fingerprint density at radius 2 is 0.533 bits per heavy atom. The van der Waals surface area contributed by atoms with Gasteiger partial charge >= 0.3 is 17.9 Å². The Labute approximate surface area is 662 Å². The summed E-state index contributed by atoms with van der Waals surface area (Å²) in [4.78, 5) is 37.8. The predicted molar refractivity (Wildman–Crippen MR) is 465 cm³/mol. The van der Waals surface area contributed by atoms with Crippen LogP contribution in [0, 0.1) is 0 Å². The van der Waals surface area contributed by atoms with Crippen LogP contribution in [0.25, 0.3) is 0 Å². The van der Waals surface area contributed by atoms with Crippen LogP contribution in [0.1, 0.15) is 399 Å². The maximum atomic E-state index is 13.0. The molecule has 0 saturated carbocycles. The fourth-order valence-electron chi connectivity index (χ4n) is 12.8. The lowest BCUT2D eigenvalue weighted by Gasteiger charge is -2.25. The van der Waals surface area contributed by atoms with Crippen molar-refractivity contribution in [2.24, 2.45) is 0 Å². The number of carboxylic acid groups (broad SMARTS) is 1. The van der Waals surface area contributed by atoms with Crippen LogP contribution in [0.3, 0.4) is 0 Å². The van der Waals surface area contributed by atoms with E-state index in [1.165, 1.54) is 250 Å². The molecule has 0 spiro atoms. The van der Waals surface area contributed by atoms with Crippen LogP contribution in [-0.4, -0.2) is 87.4 Å². The number of hydrogen-bond acceptors (Lipinski definition) is 7.